The van der Waals surface area contributed by atoms with Crippen molar-refractivity contribution < 1.29 is 14.3 Å². The Kier molecular flexibility index (Phi) is 7.08. The predicted octanol–water partition coefficient (Wildman–Crippen LogP) is 4.29. The predicted molar refractivity (Wildman–Crippen MR) is 126 cm³/mol. The third-order valence-electron chi connectivity index (χ3n) is 7.31. The number of rotatable bonds is 3. The van der Waals surface area contributed by atoms with Crippen molar-refractivity contribution >= 4 is 12.0 Å². The summed E-state index contributed by atoms with van der Waals surface area (Å²) in [5.41, 5.74) is 2.12. The van der Waals surface area contributed by atoms with Gasteiger partial charge < -0.3 is 14.5 Å². The SMILES string of the molecule is CC(C)(C)c1ccc(C(=O)N2CCC(N3CCCC(OC(=O)N4CCCC4)C3)CC2)cc1. The van der Waals surface area contributed by atoms with E-state index in [-0.39, 0.29) is 23.5 Å². The van der Waals surface area contributed by atoms with Gasteiger partial charge in [-0.3, -0.25) is 9.69 Å². The zero-order valence-corrected chi connectivity index (χ0v) is 20.0. The molecule has 0 saturated carbocycles. The van der Waals surface area contributed by atoms with Gasteiger partial charge in [-0.05, 0) is 68.2 Å². The number of hydrogen-bond acceptors (Lipinski definition) is 4. The Bertz CT molecular complexity index is 788. The van der Waals surface area contributed by atoms with Crippen molar-refractivity contribution in [2.75, 3.05) is 39.3 Å². The standard InChI is InChI=1S/C26H39N3O3/c1-26(2,3)21-10-8-20(9-11-21)24(30)27-17-12-22(13-18-27)29-16-6-7-23(19-29)32-25(31)28-14-4-5-15-28/h8-11,22-23H,4-7,12-19H2,1-3H3. The summed E-state index contributed by atoms with van der Waals surface area (Å²) in [4.78, 5) is 31.7. The van der Waals surface area contributed by atoms with Crippen molar-refractivity contribution in [1.29, 1.82) is 0 Å². The van der Waals surface area contributed by atoms with Crippen LogP contribution in [0.2, 0.25) is 0 Å². The van der Waals surface area contributed by atoms with E-state index in [1.807, 2.05) is 21.9 Å². The van der Waals surface area contributed by atoms with Gasteiger partial charge in [-0.25, -0.2) is 4.79 Å². The van der Waals surface area contributed by atoms with Crippen molar-refractivity contribution in [3.63, 3.8) is 0 Å². The Morgan fingerprint density at radius 3 is 2.12 bits per heavy atom. The number of piperidine rings is 2. The molecule has 0 aliphatic carbocycles. The van der Waals surface area contributed by atoms with Gasteiger partial charge in [0.25, 0.3) is 5.91 Å². The van der Waals surface area contributed by atoms with Gasteiger partial charge in [-0.15, -0.1) is 0 Å². The van der Waals surface area contributed by atoms with Crippen LogP contribution in [0.3, 0.4) is 0 Å². The molecule has 3 saturated heterocycles. The van der Waals surface area contributed by atoms with Crippen molar-refractivity contribution in [3.05, 3.63) is 35.4 Å². The summed E-state index contributed by atoms with van der Waals surface area (Å²) in [6, 6.07) is 8.57. The van der Waals surface area contributed by atoms with Gasteiger partial charge in [0.15, 0.2) is 0 Å². The molecule has 32 heavy (non-hydrogen) atoms. The molecule has 3 fully saturated rings. The molecule has 0 aromatic heterocycles. The lowest BCUT2D eigenvalue weighted by Crippen LogP contribution is -2.51. The highest BCUT2D eigenvalue weighted by Gasteiger charge is 2.32. The van der Waals surface area contributed by atoms with Crippen molar-refractivity contribution in [3.8, 4) is 0 Å². The summed E-state index contributed by atoms with van der Waals surface area (Å²) in [7, 11) is 0. The first kappa shape index (κ1) is 23.1. The van der Waals surface area contributed by atoms with Crippen molar-refractivity contribution in [2.45, 2.75) is 76.9 Å². The van der Waals surface area contributed by atoms with Crippen LogP contribution < -0.4 is 0 Å². The lowest BCUT2D eigenvalue weighted by Gasteiger charge is -2.42. The molecule has 4 rings (SSSR count). The van der Waals surface area contributed by atoms with E-state index in [4.69, 9.17) is 4.74 Å². The number of likely N-dealkylation sites (tertiary alicyclic amines) is 3. The minimum atomic E-state index is -0.132. The molecule has 2 amide bonds. The molecule has 0 bridgehead atoms. The maximum atomic E-state index is 13.0. The Balaban J connectivity index is 1.26. The number of carbonyl (C=O) groups excluding carboxylic acids is 2. The number of ether oxygens (including phenoxy) is 1. The lowest BCUT2D eigenvalue weighted by molar-refractivity contribution is 0.00155. The number of nitrogens with zero attached hydrogens (tertiary/aromatic N) is 3. The highest BCUT2D eigenvalue weighted by atomic mass is 16.6. The van der Waals surface area contributed by atoms with Crippen LogP contribution in [0.15, 0.2) is 24.3 Å². The molecular weight excluding hydrogens is 402 g/mol. The van der Waals surface area contributed by atoms with E-state index in [0.29, 0.717) is 6.04 Å². The van der Waals surface area contributed by atoms with E-state index in [0.717, 1.165) is 83.4 Å². The van der Waals surface area contributed by atoms with Crippen LogP contribution in [0.4, 0.5) is 4.79 Å². The molecule has 3 aliphatic rings. The van der Waals surface area contributed by atoms with Crippen molar-refractivity contribution in [2.24, 2.45) is 0 Å². The minimum Gasteiger partial charge on any atom is -0.445 e. The average molecular weight is 442 g/mol. The Hall–Kier alpha value is -2.08. The zero-order chi connectivity index (χ0) is 22.7. The third kappa shape index (κ3) is 5.45. The first-order valence-corrected chi connectivity index (χ1v) is 12.4. The third-order valence-corrected chi connectivity index (χ3v) is 7.31. The second kappa shape index (κ2) is 9.82. The molecule has 6 heteroatoms. The van der Waals surface area contributed by atoms with Crippen LogP contribution in [-0.4, -0.2) is 78.1 Å². The molecule has 6 nitrogen and oxygen atoms in total. The summed E-state index contributed by atoms with van der Waals surface area (Å²) < 4.78 is 5.83. The Morgan fingerprint density at radius 1 is 0.844 bits per heavy atom. The van der Waals surface area contributed by atoms with Crippen molar-refractivity contribution in [1.82, 2.24) is 14.7 Å². The molecule has 1 aromatic rings. The summed E-state index contributed by atoms with van der Waals surface area (Å²) >= 11 is 0. The zero-order valence-electron chi connectivity index (χ0n) is 20.0. The number of benzene rings is 1. The van der Waals surface area contributed by atoms with Gasteiger partial charge in [-0.2, -0.15) is 0 Å². The number of amides is 2. The highest BCUT2D eigenvalue weighted by Crippen LogP contribution is 2.25. The highest BCUT2D eigenvalue weighted by molar-refractivity contribution is 5.94. The molecule has 0 spiro atoms. The summed E-state index contributed by atoms with van der Waals surface area (Å²) in [6.45, 7) is 11.7. The van der Waals surface area contributed by atoms with Crippen LogP contribution in [-0.2, 0) is 10.2 Å². The molecule has 0 radical (unpaired) electrons. The van der Waals surface area contributed by atoms with Gasteiger partial charge in [0.2, 0.25) is 0 Å². The van der Waals surface area contributed by atoms with Gasteiger partial charge in [-0.1, -0.05) is 32.9 Å². The molecule has 0 N–H and O–H groups in total. The van der Waals surface area contributed by atoms with E-state index < -0.39 is 0 Å². The first-order valence-electron chi connectivity index (χ1n) is 12.4. The summed E-state index contributed by atoms with van der Waals surface area (Å²) in [6.07, 6.45) is 6.03. The molecule has 1 atom stereocenters. The fourth-order valence-electron chi connectivity index (χ4n) is 5.24. The van der Waals surface area contributed by atoms with Crippen LogP contribution in [0.1, 0.15) is 75.2 Å². The van der Waals surface area contributed by atoms with E-state index >= 15 is 0 Å². The first-order chi connectivity index (χ1) is 15.3. The minimum absolute atomic E-state index is 0.00200. The lowest BCUT2D eigenvalue weighted by atomic mass is 9.86. The number of carbonyl (C=O) groups is 2. The van der Waals surface area contributed by atoms with E-state index in [9.17, 15) is 9.59 Å². The maximum absolute atomic E-state index is 13.0. The summed E-state index contributed by atoms with van der Waals surface area (Å²) in [5.74, 6) is 0.139. The average Bonchev–Trinajstić information content (AvgIpc) is 3.34. The van der Waals surface area contributed by atoms with Crippen LogP contribution >= 0.6 is 0 Å². The topological polar surface area (TPSA) is 53.1 Å². The van der Waals surface area contributed by atoms with E-state index in [1.165, 1.54) is 5.56 Å². The molecule has 1 unspecified atom stereocenters. The van der Waals surface area contributed by atoms with E-state index in [2.05, 4.69) is 37.8 Å². The van der Waals surface area contributed by atoms with Crippen LogP contribution in [0.5, 0.6) is 0 Å². The molecule has 1 aromatic carbocycles. The second-order valence-corrected chi connectivity index (χ2v) is 10.7. The molecular formula is C26H39N3O3. The second-order valence-electron chi connectivity index (χ2n) is 10.7. The van der Waals surface area contributed by atoms with Gasteiger partial charge in [0.05, 0.1) is 0 Å². The monoisotopic (exact) mass is 441 g/mol. The van der Waals surface area contributed by atoms with Gasteiger partial charge in [0, 0.05) is 44.3 Å². The normalized spacial score (nSPS) is 23.4. The molecule has 3 heterocycles. The van der Waals surface area contributed by atoms with Crippen LogP contribution in [0, 0.1) is 0 Å². The van der Waals surface area contributed by atoms with Gasteiger partial charge in [0.1, 0.15) is 6.10 Å². The molecule has 176 valence electrons. The number of hydrogen-bond donors (Lipinski definition) is 0. The fourth-order valence-corrected chi connectivity index (χ4v) is 5.24. The van der Waals surface area contributed by atoms with E-state index in [1.54, 1.807) is 0 Å². The van der Waals surface area contributed by atoms with Gasteiger partial charge >= 0.3 is 6.09 Å². The maximum Gasteiger partial charge on any atom is 0.410 e. The van der Waals surface area contributed by atoms with Crippen LogP contribution in [0.25, 0.3) is 0 Å². The summed E-state index contributed by atoms with van der Waals surface area (Å²) in [5, 5.41) is 0. The largest absolute Gasteiger partial charge is 0.445 e. The Labute approximate surface area is 192 Å². The quantitative estimate of drug-likeness (QED) is 0.702. The molecule has 3 aliphatic heterocycles. The Morgan fingerprint density at radius 2 is 1.50 bits per heavy atom. The smallest absolute Gasteiger partial charge is 0.410 e. The fraction of sp³-hybridized carbons (Fsp3) is 0.692.